The largest absolute Gasteiger partial charge is 0.297 e. The van der Waals surface area contributed by atoms with Crippen LogP contribution >= 0.6 is 11.3 Å². The number of carbonyl (C=O) groups is 1. The van der Waals surface area contributed by atoms with Crippen LogP contribution in [0.1, 0.15) is 20.9 Å². The number of hydrogen-bond donors (Lipinski definition) is 0. The molecule has 2 nitrogen and oxygen atoms in total. The molecule has 0 spiro atoms. The van der Waals surface area contributed by atoms with Crippen LogP contribution in [0.5, 0.6) is 0 Å². The van der Waals surface area contributed by atoms with Gasteiger partial charge in [0, 0.05) is 5.56 Å². The van der Waals surface area contributed by atoms with Gasteiger partial charge in [-0.25, -0.2) is 4.98 Å². The van der Waals surface area contributed by atoms with Crippen molar-refractivity contribution in [3.8, 4) is 10.6 Å². The van der Waals surface area contributed by atoms with Gasteiger partial charge in [0.1, 0.15) is 5.01 Å². The maximum Gasteiger partial charge on any atom is 0.161 e. The van der Waals surface area contributed by atoms with Gasteiger partial charge in [-0.15, -0.1) is 11.3 Å². The highest BCUT2D eigenvalue weighted by Crippen LogP contribution is 2.27. The summed E-state index contributed by atoms with van der Waals surface area (Å²) in [5.74, 6) is 0. The molecule has 0 aliphatic heterocycles. The molecule has 76 valence electrons. The van der Waals surface area contributed by atoms with Gasteiger partial charge < -0.3 is 0 Å². The van der Waals surface area contributed by atoms with Crippen LogP contribution in [0.15, 0.2) is 24.3 Å². The van der Waals surface area contributed by atoms with Gasteiger partial charge in [0.05, 0.1) is 10.6 Å². The Kier molecular flexibility index (Phi) is 2.64. The number of aryl methyl sites for hydroxylation is 2. The van der Waals surface area contributed by atoms with Crippen molar-refractivity contribution < 1.29 is 4.79 Å². The number of aromatic nitrogens is 1. The number of carbonyl (C=O) groups excluding carboxylic acids is 1. The molecule has 2 aromatic rings. The predicted molar refractivity (Wildman–Crippen MR) is 62.4 cm³/mol. The first-order valence-corrected chi connectivity index (χ1v) is 5.52. The summed E-state index contributed by atoms with van der Waals surface area (Å²) in [7, 11) is 0. The molecule has 2 rings (SSSR count). The zero-order valence-electron chi connectivity index (χ0n) is 8.65. The van der Waals surface area contributed by atoms with Gasteiger partial charge in [-0.1, -0.05) is 23.8 Å². The first kappa shape index (κ1) is 10.1. The molecule has 1 aromatic carbocycles. The number of aldehydes is 1. The normalized spacial score (nSPS) is 10.3. The summed E-state index contributed by atoms with van der Waals surface area (Å²) in [6.45, 7) is 3.91. The molecule has 1 heterocycles. The summed E-state index contributed by atoms with van der Waals surface area (Å²) in [4.78, 5) is 15.8. The van der Waals surface area contributed by atoms with Gasteiger partial charge in [0.25, 0.3) is 0 Å². The number of thiazole rings is 1. The van der Waals surface area contributed by atoms with Crippen LogP contribution in [0.25, 0.3) is 10.6 Å². The van der Waals surface area contributed by atoms with Crippen LogP contribution in [0, 0.1) is 13.8 Å². The van der Waals surface area contributed by atoms with Crippen LogP contribution in [-0.4, -0.2) is 11.3 Å². The summed E-state index contributed by atoms with van der Waals surface area (Å²) < 4.78 is 0. The second-order valence-corrected chi connectivity index (χ2v) is 4.49. The van der Waals surface area contributed by atoms with E-state index < -0.39 is 0 Å². The Labute approximate surface area is 92.6 Å². The fraction of sp³-hybridized carbons (Fsp3) is 0.167. The first-order chi connectivity index (χ1) is 7.20. The lowest BCUT2D eigenvalue weighted by Gasteiger charge is -1.96. The fourth-order valence-electron chi connectivity index (χ4n) is 1.42. The highest BCUT2D eigenvalue weighted by molar-refractivity contribution is 7.16. The highest BCUT2D eigenvalue weighted by Gasteiger charge is 2.08. The van der Waals surface area contributed by atoms with E-state index in [9.17, 15) is 4.79 Å². The average Bonchev–Trinajstić information content (AvgIpc) is 2.60. The Balaban J connectivity index is 2.49. The third-order valence-corrected chi connectivity index (χ3v) is 3.34. The highest BCUT2D eigenvalue weighted by atomic mass is 32.1. The lowest BCUT2D eigenvalue weighted by molar-refractivity contribution is 0.112. The Morgan fingerprint density at radius 1 is 1.33 bits per heavy atom. The molecule has 0 N–H and O–H groups in total. The summed E-state index contributed by atoms with van der Waals surface area (Å²) >= 11 is 1.44. The monoisotopic (exact) mass is 217 g/mol. The molecular formula is C12H11NOS. The molecule has 15 heavy (non-hydrogen) atoms. The van der Waals surface area contributed by atoms with Gasteiger partial charge in [0.2, 0.25) is 0 Å². The molecule has 0 aliphatic carbocycles. The molecule has 0 saturated carbocycles. The summed E-state index contributed by atoms with van der Waals surface area (Å²) in [6, 6.07) is 8.14. The van der Waals surface area contributed by atoms with Crippen LogP contribution in [0.4, 0.5) is 0 Å². The zero-order chi connectivity index (χ0) is 10.8. The average molecular weight is 217 g/mol. The summed E-state index contributed by atoms with van der Waals surface area (Å²) in [5, 5.41) is 0.915. The van der Waals surface area contributed by atoms with E-state index in [1.54, 1.807) is 0 Å². The molecule has 0 amide bonds. The molecule has 0 bridgehead atoms. The molecule has 0 atom stereocenters. The van der Waals surface area contributed by atoms with E-state index >= 15 is 0 Å². The molecule has 0 fully saturated rings. The molecule has 3 heteroatoms. The van der Waals surface area contributed by atoms with Crippen LogP contribution in [-0.2, 0) is 0 Å². The van der Waals surface area contributed by atoms with E-state index in [-0.39, 0.29) is 0 Å². The summed E-state index contributed by atoms with van der Waals surface area (Å²) in [6.07, 6.45) is 0.867. The lowest BCUT2D eigenvalue weighted by Crippen LogP contribution is -1.79. The number of nitrogens with zero attached hydrogens (tertiary/aromatic N) is 1. The Hall–Kier alpha value is -1.48. The quantitative estimate of drug-likeness (QED) is 0.723. The third-order valence-electron chi connectivity index (χ3n) is 2.20. The number of benzene rings is 1. The van der Waals surface area contributed by atoms with Crippen LogP contribution in [0.3, 0.4) is 0 Å². The van der Waals surface area contributed by atoms with Crippen molar-refractivity contribution in [3.05, 3.63) is 40.4 Å². The maximum atomic E-state index is 10.7. The van der Waals surface area contributed by atoms with Crippen molar-refractivity contribution in [1.82, 2.24) is 4.98 Å². The van der Waals surface area contributed by atoms with Gasteiger partial charge in [0.15, 0.2) is 6.29 Å². The Morgan fingerprint density at radius 2 is 2.13 bits per heavy atom. The van der Waals surface area contributed by atoms with Gasteiger partial charge in [-0.2, -0.15) is 0 Å². The van der Waals surface area contributed by atoms with Gasteiger partial charge in [-0.3, -0.25) is 4.79 Å². The fourth-order valence-corrected chi connectivity index (χ4v) is 2.30. The van der Waals surface area contributed by atoms with E-state index in [0.717, 1.165) is 22.6 Å². The Morgan fingerprint density at radius 3 is 2.73 bits per heavy atom. The third kappa shape index (κ3) is 1.97. The van der Waals surface area contributed by atoms with E-state index in [4.69, 9.17) is 0 Å². The molecule has 0 radical (unpaired) electrons. The lowest BCUT2D eigenvalue weighted by atomic mass is 10.1. The SMILES string of the molecule is Cc1cccc(-c2nc(C)c(C=O)s2)c1. The molecule has 0 aliphatic rings. The predicted octanol–water partition coefficient (Wildman–Crippen LogP) is 3.24. The van der Waals surface area contributed by atoms with Crippen molar-refractivity contribution in [2.75, 3.05) is 0 Å². The summed E-state index contributed by atoms with van der Waals surface area (Å²) in [5.41, 5.74) is 3.09. The first-order valence-electron chi connectivity index (χ1n) is 4.70. The van der Waals surface area contributed by atoms with Gasteiger partial charge in [-0.05, 0) is 19.9 Å². The molecule has 0 saturated heterocycles. The van der Waals surface area contributed by atoms with Crippen molar-refractivity contribution in [2.45, 2.75) is 13.8 Å². The van der Waals surface area contributed by atoms with E-state index in [2.05, 4.69) is 11.1 Å². The van der Waals surface area contributed by atoms with Crippen LogP contribution < -0.4 is 0 Å². The van der Waals surface area contributed by atoms with Crippen LogP contribution in [0.2, 0.25) is 0 Å². The minimum Gasteiger partial charge on any atom is -0.297 e. The van der Waals surface area contributed by atoms with E-state index in [1.165, 1.54) is 16.9 Å². The minimum atomic E-state index is 0.714. The number of rotatable bonds is 2. The maximum absolute atomic E-state index is 10.7. The number of hydrogen-bond acceptors (Lipinski definition) is 3. The van der Waals surface area contributed by atoms with Crippen molar-refractivity contribution in [3.63, 3.8) is 0 Å². The second kappa shape index (κ2) is 3.95. The topological polar surface area (TPSA) is 30.0 Å². The van der Waals surface area contributed by atoms with Crippen molar-refractivity contribution >= 4 is 17.6 Å². The second-order valence-electron chi connectivity index (χ2n) is 3.46. The smallest absolute Gasteiger partial charge is 0.161 e. The van der Waals surface area contributed by atoms with E-state index in [0.29, 0.717) is 4.88 Å². The van der Waals surface area contributed by atoms with Crippen molar-refractivity contribution in [2.24, 2.45) is 0 Å². The molecular weight excluding hydrogens is 206 g/mol. The molecule has 0 unspecified atom stereocenters. The van der Waals surface area contributed by atoms with Gasteiger partial charge >= 0.3 is 0 Å². The zero-order valence-corrected chi connectivity index (χ0v) is 9.47. The minimum absolute atomic E-state index is 0.714. The van der Waals surface area contributed by atoms with E-state index in [1.807, 2.05) is 32.0 Å². The standard InChI is InChI=1S/C12H11NOS/c1-8-4-3-5-10(6-8)12-13-9(2)11(7-14)15-12/h3-7H,1-2H3. The molecule has 1 aromatic heterocycles. The Bertz CT molecular complexity index is 502. The van der Waals surface area contributed by atoms with Crippen molar-refractivity contribution in [1.29, 1.82) is 0 Å².